The second kappa shape index (κ2) is 6.64. The van der Waals surface area contributed by atoms with Gasteiger partial charge in [0.25, 0.3) is 0 Å². The highest BCUT2D eigenvalue weighted by molar-refractivity contribution is 7.99. The molecule has 0 bridgehead atoms. The van der Waals surface area contributed by atoms with Crippen LogP contribution in [0.25, 0.3) is 0 Å². The number of thioether (sulfide) groups is 1. The summed E-state index contributed by atoms with van der Waals surface area (Å²) in [7, 11) is 3.43. The Kier molecular flexibility index (Phi) is 5.11. The lowest BCUT2D eigenvalue weighted by Crippen LogP contribution is -2.13. The fourth-order valence-corrected chi connectivity index (χ4v) is 3.65. The number of carbonyl (C=O) groups is 1. The van der Waals surface area contributed by atoms with E-state index in [4.69, 9.17) is 4.74 Å². The number of aryl methyl sites for hydroxylation is 1. The van der Waals surface area contributed by atoms with Crippen molar-refractivity contribution in [3.05, 3.63) is 29.3 Å². The Balaban J connectivity index is 1.92. The predicted molar refractivity (Wildman–Crippen MR) is 83.0 cm³/mol. The molecule has 0 atom stereocenters. The fourth-order valence-electron chi connectivity index (χ4n) is 2.35. The van der Waals surface area contributed by atoms with Crippen LogP contribution < -0.4 is 5.32 Å². The van der Waals surface area contributed by atoms with E-state index >= 15 is 0 Å². The molecule has 1 fully saturated rings. The molecule has 1 N–H and O–H groups in total. The molecule has 1 aromatic rings. The minimum atomic E-state index is -0.0795. The van der Waals surface area contributed by atoms with Crippen molar-refractivity contribution in [1.29, 1.82) is 0 Å². The summed E-state index contributed by atoms with van der Waals surface area (Å²) < 4.78 is 4.79. The molecule has 1 aromatic carbocycles. The first kappa shape index (κ1) is 15.4. The smallest absolute Gasteiger partial charge is 0.306 e. The van der Waals surface area contributed by atoms with E-state index in [1.165, 1.54) is 23.1 Å². The summed E-state index contributed by atoms with van der Waals surface area (Å²) in [6.07, 6.45) is 2.85. The van der Waals surface area contributed by atoms with Gasteiger partial charge in [-0.05, 0) is 49.4 Å². The SMILES string of the molecule is CNCc1ccc(SCC2(CC(=O)OC)CC2)c(C)c1. The number of esters is 1. The van der Waals surface area contributed by atoms with Crippen LogP contribution in [0.5, 0.6) is 0 Å². The molecule has 0 saturated heterocycles. The molecule has 0 unspecified atom stereocenters. The maximum Gasteiger partial charge on any atom is 0.306 e. The van der Waals surface area contributed by atoms with Crippen molar-refractivity contribution in [2.45, 2.75) is 37.6 Å². The number of methoxy groups -OCH3 is 1. The van der Waals surface area contributed by atoms with Gasteiger partial charge in [0.1, 0.15) is 0 Å². The van der Waals surface area contributed by atoms with E-state index in [0.717, 1.165) is 25.1 Å². The van der Waals surface area contributed by atoms with Crippen LogP contribution in [0.3, 0.4) is 0 Å². The normalized spacial score (nSPS) is 15.9. The Morgan fingerprint density at radius 3 is 2.75 bits per heavy atom. The molecule has 110 valence electrons. The van der Waals surface area contributed by atoms with Crippen molar-refractivity contribution in [2.24, 2.45) is 5.41 Å². The van der Waals surface area contributed by atoms with Gasteiger partial charge in [-0.1, -0.05) is 12.1 Å². The van der Waals surface area contributed by atoms with Gasteiger partial charge in [0.05, 0.1) is 13.5 Å². The van der Waals surface area contributed by atoms with Crippen LogP contribution in [0.1, 0.15) is 30.4 Å². The number of hydrogen-bond acceptors (Lipinski definition) is 4. The molecule has 20 heavy (non-hydrogen) atoms. The van der Waals surface area contributed by atoms with Gasteiger partial charge < -0.3 is 10.1 Å². The average Bonchev–Trinajstić information content (AvgIpc) is 3.18. The molecule has 0 spiro atoms. The monoisotopic (exact) mass is 293 g/mol. The quantitative estimate of drug-likeness (QED) is 0.619. The Labute approximate surface area is 125 Å². The van der Waals surface area contributed by atoms with Crippen LogP contribution in [0, 0.1) is 12.3 Å². The highest BCUT2D eigenvalue weighted by Gasteiger charge is 2.44. The summed E-state index contributed by atoms with van der Waals surface area (Å²) >= 11 is 1.87. The van der Waals surface area contributed by atoms with E-state index < -0.39 is 0 Å². The van der Waals surface area contributed by atoms with Crippen LogP contribution in [-0.4, -0.2) is 25.9 Å². The van der Waals surface area contributed by atoms with Crippen LogP contribution in [-0.2, 0) is 16.1 Å². The van der Waals surface area contributed by atoms with E-state index in [1.807, 2.05) is 18.8 Å². The van der Waals surface area contributed by atoms with Gasteiger partial charge in [-0.15, -0.1) is 11.8 Å². The molecule has 1 aliphatic rings. The van der Waals surface area contributed by atoms with Gasteiger partial charge >= 0.3 is 5.97 Å². The zero-order valence-corrected chi connectivity index (χ0v) is 13.3. The summed E-state index contributed by atoms with van der Waals surface area (Å²) in [5.41, 5.74) is 2.81. The third-order valence-electron chi connectivity index (χ3n) is 3.86. The number of benzene rings is 1. The van der Waals surface area contributed by atoms with Gasteiger partial charge in [0.2, 0.25) is 0 Å². The predicted octanol–water partition coefficient (Wildman–Crippen LogP) is 3.15. The first-order valence-corrected chi connectivity index (χ1v) is 8.01. The molecular weight excluding hydrogens is 270 g/mol. The lowest BCUT2D eigenvalue weighted by Gasteiger charge is -2.14. The van der Waals surface area contributed by atoms with E-state index in [1.54, 1.807) is 0 Å². The Morgan fingerprint density at radius 1 is 1.45 bits per heavy atom. The fraction of sp³-hybridized carbons (Fsp3) is 0.562. The second-order valence-corrected chi connectivity index (χ2v) is 6.69. The number of rotatable bonds is 7. The number of nitrogens with one attached hydrogen (secondary N) is 1. The largest absolute Gasteiger partial charge is 0.469 e. The maximum atomic E-state index is 11.4. The van der Waals surface area contributed by atoms with Crippen molar-refractivity contribution < 1.29 is 9.53 Å². The summed E-state index contributed by atoms with van der Waals surface area (Å²) in [5, 5.41) is 3.17. The van der Waals surface area contributed by atoms with Crippen LogP contribution in [0.2, 0.25) is 0 Å². The van der Waals surface area contributed by atoms with E-state index in [2.05, 4.69) is 30.4 Å². The maximum absolute atomic E-state index is 11.4. The molecular formula is C16H23NO2S. The third-order valence-corrected chi connectivity index (χ3v) is 5.38. The second-order valence-electron chi connectivity index (χ2n) is 5.67. The molecule has 2 rings (SSSR count). The van der Waals surface area contributed by atoms with Gasteiger partial charge in [-0.3, -0.25) is 4.79 Å². The highest BCUT2D eigenvalue weighted by Crippen LogP contribution is 2.52. The number of hydrogen-bond donors (Lipinski definition) is 1. The van der Waals surface area contributed by atoms with Crippen molar-refractivity contribution in [2.75, 3.05) is 19.9 Å². The highest BCUT2D eigenvalue weighted by atomic mass is 32.2. The summed E-state index contributed by atoms with van der Waals surface area (Å²) in [5.74, 6) is 0.929. The zero-order chi connectivity index (χ0) is 14.6. The minimum absolute atomic E-state index is 0.0795. The summed E-state index contributed by atoms with van der Waals surface area (Å²) in [6, 6.07) is 6.60. The summed E-state index contributed by atoms with van der Waals surface area (Å²) in [4.78, 5) is 12.7. The Bertz CT molecular complexity index is 483. The molecule has 0 aliphatic heterocycles. The number of carbonyl (C=O) groups excluding carboxylic acids is 1. The first-order valence-electron chi connectivity index (χ1n) is 7.02. The Hall–Kier alpha value is -1.00. The molecule has 1 aliphatic carbocycles. The molecule has 3 nitrogen and oxygen atoms in total. The van der Waals surface area contributed by atoms with Crippen molar-refractivity contribution in [1.82, 2.24) is 5.32 Å². The van der Waals surface area contributed by atoms with Gasteiger partial charge in [0, 0.05) is 17.2 Å². The summed E-state index contributed by atoms with van der Waals surface area (Å²) in [6.45, 7) is 3.05. The molecule has 4 heteroatoms. The molecule has 0 amide bonds. The molecule has 0 aromatic heterocycles. The average molecular weight is 293 g/mol. The van der Waals surface area contributed by atoms with Crippen molar-refractivity contribution in [3.63, 3.8) is 0 Å². The number of ether oxygens (including phenoxy) is 1. The lowest BCUT2D eigenvalue weighted by molar-refractivity contribution is -0.141. The van der Waals surface area contributed by atoms with E-state index in [9.17, 15) is 4.79 Å². The molecule has 1 saturated carbocycles. The molecule has 0 heterocycles. The van der Waals surface area contributed by atoms with Gasteiger partial charge in [0.15, 0.2) is 0 Å². The van der Waals surface area contributed by atoms with Gasteiger partial charge in [-0.2, -0.15) is 0 Å². The zero-order valence-electron chi connectivity index (χ0n) is 12.5. The topological polar surface area (TPSA) is 38.3 Å². The van der Waals surface area contributed by atoms with Crippen LogP contribution >= 0.6 is 11.8 Å². The van der Waals surface area contributed by atoms with Crippen molar-refractivity contribution >= 4 is 17.7 Å². The standard InChI is InChI=1S/C16H23NO2S/c1-12-8-13(10-17-2)4-5-14(12)20-11-16(6-7-16)9-15(18)19-3/h4-5,8,17H,6-7,9-11H2,1-3H3. The Morgan fingerprint density at radius 2 is 2.20 bits per heavy atom. The third kappa shape index (κ3) is 4.00. The lowest BCUT2D eigenvalue weighted by atomic mass is 10.1. The van der Waals surface area contributed by atoms with E-state index in [-0.39, 0.29) is 11.4 Å². The first-order chi connectivity index (χ1) is 9.58. The van der Waals surface area contributed by atoms with E-state index in [0.29, 0.717) is 6.42 Å². The van der Waals surface area contributed by atoms with Crippen molar-refractivity contribution in [3.8, 4) is 0 Å². The minimum Gasteiger partial charge on any atom is -0.469 e. The van der Waals surface area contributed by atoms with Crippen LogP contribution in [0.4, 0.5) is 0 Å². The van der Waals surface area contributed by atoms with Gasteiger partial charge in [-0.25, -0.2) is 0 Å². The molecule has 0 radical (unpaired) electrons. The van der Waals surface area contributed by atoms with Crippen LogP contribution in [0.15, 0.2) is 23.1 Å².